The molecule has 1 fully saturated rings. The topological polar surface area (TPSA) is 12.5 Å². The molecule has 0 aliphatic carbocycles. The van der Waals surface area contributed by atoms with E-state index in [2.05, 4.69) is 0 Å². The van der Waals surface area contributed by atoms with Crippen LogP contribution >= 0.6 is 0 Å². The number of hydrogen-bond acceptors (Lipinski definition) is 1. The van der Waals surface area contributed by atoms with Crippen LogP contribution < -0.4 is 0 Å². The number of halogens is 3. The first kappa shape index (κ1) is 9.52. The molecule has 2 rings (SSSR count). The average molecular weight is 202 g/mol. The summed E-state index contributed by atoms with van der Waals surface area (Å²) in [7, 11) is 0. The Bertz CT molecular complexity index is 311. The molecule has 14 heavy (non-hydrogen) atoms. The molecular formula is C10H9F3O. The third kappa shape index (κ3) is 1.62. The zero-order chi connectivity index (χ0) is 10.4. The van der Waals surface area contributed by atoms with Crippen LogP contribution in [0, 0.1) is 0 Å². The largest absolute Gasteiger partial charge is 0.416 e. The van der Waals surface area contributed by atoms with Crippen LogP contribution in [0.15, 0.2) is 24.3 Å². The third-order valence-corrected chi connectivity index (χ3v) is 2.40. The molecule has 0 N–H and O–H groups in total. The van der Waals surface area contributed by atoms with Gasteiger partial charge in [-0.1, -0.05) is 12.1 Å². The van der Waals surface area contributed by atoms with Crippen LogP contribution in [0.5, 0.6) is 0 Å². The van der Waals surface area contributed by atoms with Gasteiger partial charge >= 0.3 is 6.18 Å². The summed E-state index contributed by atoms with van der Waals surface area (Å²) in [6.45, 7) is 2.44. The molecule has 0 unspecified atom stereocenters. The third-order valence-electron chi connectivity index (χ3n) is 2.40. The van der Waals surface area contributed by atoms with Gasteiger partial charge in [0.1, 0.15) is 5.60 Å². The second-order valence-electron chi connectivity index (χ2n) is 3.59. The van der Waals surface area contributed by atoms with Gasteiger partial charge < -0.3 is 4.74 Å². The first-order valence-corrected chi connectivity index (χ1v) is 4.23. The van der Waals surface area contributed by atoms with Gasteiger partial charge in [0, 0.05) is 0 Å². The number of ether oxygens (including phenoxy) is 1. The van der Waals surface area contributed by atoms with Crippen LogP contribution in [0.2, 0.25) is 0 Å². The molecule has 76 valence electrons. The molecule has 0 saturated carbocycles. The standard InChI is InChI=1S/C10H9F3O/c1-9(6-14-9)7-2-4-8(5-3-7)10(11,12)13/h2-5H,6H2,1H3/t9-/m0/s1. The molecule has 1 saturated heterocycles. The number of rotatable bonds is 1. The van der Waals surface area contributed by atoms with E-state index in [-0.39, 0.29) is 5.60 Å². The van der Waals surface area contributed by atoms with Crippen molar-refractivity contribution in [2.75, 3.05) is 6.61 Å². The highest BCUT2D eigenvalue weighted by atomic mass is 19.4. The van der Waals surface area contributed by atoms with Crippen molar-refractivity contribution < 1.29 is 17.9 Å². The first-order chi connectivity index (χ1) is 6.42. The van der Waals surface area contributed by atoms with Crippen molar-refractivity contribution >= 4 is 0 Å². The summed E-state index contributed by atoms with van der Waals surface area (Å²) in [4.78, 5) is 0. The quantitative estimate of drug-likeness (QED) is 0.638. The summed E-state index contributed by atoms with van der Waals surface area (Å²) >= 11 is 0. The summed E-state index contributed by atoms with van der Waals surface area (Å²) in [6, 6.07) is 5.11. The van der Waals surface area contributed by atoms with Crippen LogP contribution in [-0.4, -0.2) is 6.61 Å². The van der Waals surface area contributed by atoms with E-state index in [1.54, 1.807) is 0 Å². The van der Waals surface area contributed by atoms with Crippen LogP contribution in [0.25, 0.3) is 0 Å². The van der Waals surface area contributed by atoms with E-state index in [0.29, 0.717) is 6.61 Å². The smallest absolute Gasteiger partial charge is 0.365 e. The Kier molecular flexibility index (Phi) is 1.86. The highest BCUT2D eigenvalue weighted by molar-refractivity contribution is 5.30. The molecule has 1 atom stereocenters. The van der Waals surface area contributed by atoms with Crippen molar-refractivity contribution in [1.82, 2.24) is 0 Å². The number of hydrogen-bond donors (Lipinski definition) is 0. The normalized spacial score (nSPS) is 26.3. The lowest BCUT2D eigenvalue weighted by Gasteiger charge is -2.09. The Morgan fingerprint density at radius 2 is 1.71 bits per heavy atom. The summed E-state index contributed by atoms with van der Waals surface area (Å²) in [5.74, 6) is 0. The van der Waals surface area contributed by atoms with E-state index < -0.39 is 11.7 Å². The second-order valence-corrected chi connectivity index (χ2v) is 3.59. The van der Waals surface area contributed by atoms with Crippen molar-refractivity contribution in [2.45, 2.75) is 18.7 Å². The minimum Gasteiger partial charge on any atom is -0.365 e. The van der Waals surface area contributed by atoms with Crippen molar-refractivity contribution in [3.8, 4) is 0 Å². The fourth-order valence-corrected chi connectivity index (χ4v) is 1.29. The minimum atomic E-state index is -4.26. The Morgan fingerprint density at radius 1 is 1.21 bits per heavy atom. The number of epoxide rings is 1. The van der Waals surface area contributed by atoms with Gasteiger partial charge in [-0.3, -0.25) is 0 Å². The highest BCUT2D eigenvalue weighted by Gasteiger charge is 2.41. The van der Waals surface area contributed by atoms with Gasteiger partial charge in [-0.05, 0) is 24.6 Å². The van der Waals surface area contributed by atoms with E-state index >= 15 is 0 Å². The van der Waals surface area contributed by atoms with Gasteiger partial charge in [-0.2, -0.15) is 13.2 Å². The molecule has 0 amide bonds. The van der Waals surface area contributed by atoms with Crippen LogP contribution in [-0.2, 0) is 16.5 Å². The van der Waals surface area contributed by atoms with Gasteiger partial charge in [0.15, 0.2) is 0 Å². The molecule has 0 bridgehead atoms. The molecular weight excluding hydrogens is 193 g/mol. The maximum Gasteiger partial charge on any atom is 0.416 e. The van der Waals surface area contributed by atoms with E-state index in [4.69, 9.17) is 4.74 Å². The van der Waals surface area contributed by atoms with Gasteiger partial charge in [0.25, 0.3) is 0 Å². The Morgan fingerprint density at radius 3 is 2.07 bits per heavy atom. The summed E-state index contributed by atoms with van der Waals surface area (Å²) in [6.07, 6.45) is -4.26. The van der Waals surface area contributed by atoms with Crippen molar-refractivity contribution in [3.63, 3.8) is 0 Å². The zero-order valence-electron chi connectivity index (χ0n) is 7.56. The molecule has 0 radical (unpaired) electrons. The fourth-order valence-electron chi connectivity index (χ4n) is 1.29. The molecule has 4 heteroatoms. The Hall–Kier alpha value is -1.03. The average Bonchev–Trinajstić information content (AvgIpc) is 2.84. The molecule has 1 aromatic rings. The molecule has 1 aliphatic heterocycles. The fraction of sp³-hybridized carbons (Fsp3) is 0.400. The molecule has 1 nitrogen and oxygen atoms in total. The van der Waals surface area contributed by atoms with Crippen LogP contribution in [0.4, 0.5) is 13.2 Å². The monoisotopic (exact) mass is 202 g/mol. The van der Waals surface area contributed by atoms with E-state index in [1.807, 2.05) is 6.92 Å². The highest BCUT2D eigenvalue weighted by Crippen LogP contribution is 2.39. The second kappa shape index (κ2) is 2.73. The maximum absolute atomic E-state index is 12.2. The van der Waals surface area contributed by atoms with Gasteiger partial charge in [-0.25, -0.2) is 0 Å². The first-order valence-electron chi connectivity index (χ1n) is 4.23. The van der Waals surface area contributed by atoms with Crippen molar-refractivity contribution in [1.29, 1.82) is 0 Å². The molecule has 1 heterocycles. The number of benzene rings is 1. The summed E-state index contributed by atoms with van der Waals surface area (Å²) in [5, 5.41) is 0. The summed E-state index contributed by atoms with van der Waals surface area (Å²) in [5.41, 5.74) is -0.180. The molecule has 1 aromatic carbocycles. The van der Waals surface area contributed by atoms with Crippen molar-refractivity contribution in [3.05, 3.63) is 35.4 Å². The maximum atomic E-state index is 12.2. The lowest BCUT2D eigenvalue weighted by Crippen LogP contribution is -2.07. The lowest BCUT2D eigenvalue weighted by atomic mass is 10.0. The molecule has 0 aromatic heterocycles. The minimum absolute atomic E-state index is 0.357. The van der Waals surface area contributed by atoms with Gasteiger partial charge in [0.2, 0.25) is 0 Å². The van der Waals surface area contributed by atoms with Gasteiger partial charge in [-0.15, -0.1) is 0 Å². The van der Waals surface area contributed by atoms with Crippen LogP contribution in [0.1, 0.15) is 18.1 Å². The zero-order valence-corrected chi connectivity index (χ0v) is 7.56. The lowest BCUT2D eigenvalue weighted by molar-refractivity contribution is -0.137. The van der Waals surface area contributed by atoms with E-state index in [1.165, 1.54) is 12.1 Å². The molecule has 1 aliphatic rings. The Balaban J connectivity index is 2.27. The number of alkyl halides is 3. The van der Waals surface area contributed by atoms with Crippen LogP contribution in [0.3, 0.4) is 0 Å². The molecule has 0 spiro atoms. The SMILES string of the molecule is C[C@@]1(c2ccc(C(F)(F)F)cc2)CO1. The predicted octanol–water partition coefficient (Wildman–Crippen LogP) is 2.95. The summed E-state index contributed by atoms with van der Waals surface area (Å²) < 4.78 is 41.7. The Labute approximate surface area is 79.5 Å². The van der Waals surface area contributed by atoms with Crippen molar-refractivity contribution in [2.24, 2.45) is 0 Å². The van der Waals surface area contributed by atoms with E-state index in [9.17, 15) is 13.2 Å². The predicted molar refractivity (Wildman–Crippen MR) is 44.7 cm³/mol. The van der Waals surface area contributed by atoms with Gasteiger partial charge in [0.05, 0.1) is 12.2 Å². The van der Waals surface area contributed by atoms with E-state index in [0.717, 1.165) is 17.7 Å².